The summed E-state index contributed by atoms with van der Waals surface area (Å²) in [6, 6.07) is 5.23. The molecule has 2 heteroatoms. The second-order valence-electron chi connectivity index (χ2n) is 3.24. The number of halogens is 1. The van der Waals surface area contributed by atoms with E-state index in [0.29, 0.717) is 5.56 Å². The molecule has 76 valence electrons. The summed E-state index contributed by atoms with van der Waals surface area (Å²) in [6.45, 7) is 7.33. The minimum atomic E-state index is -0.198. The Kier molecular flexibility index (Phi) is 4.33. The van der Waals surface area contributed by atoms with Crippen molar-refractivity contribution in [2.24, 2.45) is 0 Å². The molecule has 0 amide bonds. The first-order valence-electron chi connectivity index (χ1n) is 4.89. The minimum absolute atomic E-state index is 0.198. The van der Waals surface area contributed by atoms with Gasteiger partial charge < -0.3 is 5.32 Å². The molecule has 0 saturated carbocycles. The van der Waals surface area contributed by atoms with Crippen LogP contribution in [0.25, 0.3) is 6.08 Å². The van der Waals surface area contributed by atoms with Crippen molar-refractivity contribution < 1.29 is 4.39 Å². The standard InChI is InChI=1S/C12H16FN/c1-3-7-14-9-10-5-6-11(4-2)12(13)8-10/h4-6,8,14H,2-3,7,9H2,1H3. The largest absolute Gasteiger partial charge is 0.313 e. The van der Waals surface area contributed by atoms with Crippen LogP contribution < -0.4 is 5.32 Å². The van der Waals surface area contributed by atoms with Crippen LogP contribution in [0, 0.1) is 5.82 Å². The molecular formula is C12H16FN. The van der Waals surface area contributed by atoms with E-state index >= 15 is 0 Å². The monoisotopic (exact) mass is 193 g/mol. The molecule has 0 aliphatic heterocycles. The van der Waals surface area contributed by atoms with Gasteiger partial charge in [0.15, 0.2) is 0 Å². The molecule has 1 nitrogen and oxygen atoms in total. The SMILES string of the molecule is C=Cc1ccc(CNCCC)cc1F. The van der Waals surface area contributed by atoms with E-state index in [1.54, 1.807) is 12.1 Å². The van der Waals surface area contributed by atoms with Crippen molar-refractivity contribution in [3.63, 3.8) is 0 Å². The third-order valence-electron chi connectivity index (χ3n) is 2.04. The third kappa shape index (κ3) is 2.96. The molecule has 1 N–H and O–H groups in total. The van der Waals surface area contributed by atoms with E-state index in [1.165, 1.54) is 6.08 Å². The molecule has 1 rings (SSSR count). The maximum atomic E-state index is 13.3. The van der Waals surface area contributed by atoms with Gasteiger partial charge in [-0.2, -0.15) is 0 Å². The second kappa shape index (κ2) is 5.55. The molecule has 0 radical (unpaired) electrons. The lowest BCUT2D eigenvalue weighted by Crippen LogP contribution is -2.13. The molecule has 0 spiro atoms. The second-order valence-corrected chi connectivity index (χ2v) is 3.24. The molecule has 0 saturated heterocycles. The van der Waals surface area contributed by atoms with Gasteiger partial charge in [-0.1, -0.05) is 31.7 Å². The highest BCUT2D eigenvalue weighted by molar-refractivity contribution is 5.48. The topological polar surface area (TPSA) is 12.0 Å². The van der Waals surface area contributed by atoms with Crippen LogP contribution in [-0.4, -0.2) is 6.54 Å². The van der Waals surface area contributed by atoms with Crippen molar-refractivity contribution in [2.75, 3.05) is 6.54 Å². The van der Waals surface area contributed by atoms with Crippen LogP contribution in [0.3, 0.4) is 0 Å². The van der Waals surface area contributed by atoms with Crippen molar-refractivity contribution in [1.29, 1.82) is 0 Å². The van der Waals surface area contributed by atoms with Crippen molar-refractivity contribution >= 4 is 6.08 Å². The molecule has 14 heavy (non-hydrogen) atoms. The first kappa shape index (κ1) is 10.9. The number of rotatable bonds is 5. The van der Waals surface area contributed by atoms with Crippen molar-refractivity contribution in [2.45, 2.75) is 19.9 Å². The van der Waals surface area contributed by atoms with Gasteiger partial charge in [-0.15, -0.1) is 0 Å². The van der Waals surface area contributed by atoms with Crippen LogP contribution in [-0.2, 0) is 6.54 Å². The summed E-state index contributed by atoms with van der Waals surface area (Å²) in [7, 11) is 0. The average molecular weight is 193 g/mol. The Bertz CT molecular complexity index is 307. The number of nitrogens with one attached hydrogen (secondary N) is 1. The van der Waals surface area contributed by atoms with Crippen LogP contribution in [0.1, 0.15) is 24.5 Å². The molecule has 0 bridgehead atoms. The normalized spacial score (nSPS) is 10.1. The zero-order valence-electron chi connectivity index (χ0n) is 8.52. The van der Waals surface area contributed by atoms with Gasteiger partial charge in [-0.05, 0) is 24.6 Å². The Labute approximate surface area is 84.6 Å². The van der Waals surface area contributed by atoms with Crippen molar-refractivity contribution in [3.05, 3.63) is 41.7 Å². The number of hydrogen-bond acceptors (Lipinski definition) is 1. The Morgan fingerprint density at radius 3 is 2.86 bits per heavy atom. The molecule has 0 aliphatic carbocycles. The zero-order chi connectivity index (χ0) is 10.4. The Balaban J connectivity index is 2.62. The van der Waals surface area contributed by atoms with Gasteiger partial charge in [-0.3, -0.25) is 0 Å². The predicted molar refractivity (Wildman–Crippen MR) is 58.5 cm³/mol. The highest BCUT2D eigenvalue weighted by atomic mass is 19.1. The van der Waals surface area contributed by atoms with E-state index < -0.39 is 0 Å². The number of benzene rings is 1. The van der Waals surface area contributed by atoms with Crippen LogP contribution >= 0.6 is 0 Å². The van der Waals surface area contributed by atoms with Crippen LogP contribution in [0.4, 0.5) is 4.39 Å². The van der Waals surface area contributed by atoms with Gasteiger partial charge >= 0.3 is 0 Å². The van der Waals surface area contributed by atoms with E-state index in [0.717, 1.165) is 25.1 Å². The Hall–Kier alpha value is -1.15. The zero-order valence-corrected chi connectivity index (χ0v) is 8.52. The summed E-state index contributed by atoms with van der Waals surface area (Å²) in [5.41, 5.74) is 1.53. The fraction of sp³-hybridized carbons (Fsp3) is 0.333. The maximum Gasteiger partial charge on any atom is 0.130 e. The van der Waals surface area contributed by atoms with Crippen LogP contribution in [0.15, 0.2) is 24.8 Å². The van der Waals surface area contributed by atoms with Crippen LogP contribution in [0.5, 0.6) is 0 Å². The molecule has 0 fully saturated rings. The summed E-state index contributed by atoms with van der Waals surface area (Å²) in [4.78, 5) is 0. The van der Waals surface area contributed by atoms with E-state index in [2.05, 4.69) is 18.8 Å². The van der Waals surface area contributed by atoms with Gasteiger partial charge in [-0.25, -0.2) is 4.39 Å². The minimum Gasteiger partial charge on any atom is -0.313 e. The smallest absolute Gasteiger partial charge is 0.130 e. The molecule has 0 heterocycles. The van der Waals surface area contributed by atoms with E-state index in [4.69, 9.17) is 0 Å². The molecule has 0 atom stereocenters. The lowest BCUT2D eigenvalue weighted by Gasteiger charge is -2.04. The first-order chi connectivity index (χ1) is 6.77. The first-order valence-corrected chi connectivity index (χ1v) is 4.89. The molecule has 1 aromatic rings. The fourth-order valence-corrected chi connectivity index (χ4v) is 1.26. The average Bonchev–Trinajstić information content (AvgIpc) is 2.18. The quantitative estimate of drug-likeness (QED) is 0.709. The molecule has 0 unspecified atom stereocenters. The van der Waals surface area contributed by atoms with E-state index in [-0.39, 0.29) is 5.82 Å². The molecule has 1 aromatic carbocycles. The van der Waals surface area contributed by atoms with Gasteiger partial charge in [0.2, 0.25) is 0 Å². The highest BCUT2D eigenvalue weighted by Crippen LogP contribution is 2.11. The fourth-order valence-electron chi connectivity index (χ4n) is 1.26. The van der Waals surface area contributed by atoms with Gasteiger partial charge in [0.05, 0.1) is 0 Å². The van der Waals surface area contributed by atoms with E-state index in [1.807, 2.05) is 6.07 Å². The summed E-state index contributed by atoms with van der Waals surface area (Å²) in [5.74, 6) is -0.198. The lowest BCUT2D eigenvalue weighted by molar-refractivity contribution is 0.617. The summed E-state index contributed by atoms with van der Waals surface area (Å²) < 4.78 is 13.3. The molecule has 0 aromatic heterocycles. The van der Waals surface area contributed by atoms with E-state index in [9.17, 15) is 4.39 Å². The number of hydrogen-bond donors (Lipinski definition) is 1. The lowest BCUT2D eigenvalue weighted by atomic mass is 10.1. The summed E-state index contributed by atoms with van der Waals surface area (Å²) >= 11 is 0. The van der Waals surface area contributed by atoms with Crippen LogP contribution in [0.2, 0.25) is 0 Å². The summed E-state index contributed by atoms with van der Waals surface area (Å²) in [5, 5.41) is 3.22. The van der Waals surface area contributed by atoms with Gasteiger partial charge in [0.1, 0.15) is 5.82 Å². The molecular weight excluding hydrogens is 177 g/mol. The predicted octanol–water partition coefficient (Wildman–Crippen LogP) is 2.97. The maximum absolute atomic E-state index is 13.3. The molecule has 0 aliphatic rings. The van der Waals surface area contributed by atoms with Crippen molar-refractivity contribution in [3.8, 4) is 0 Å². The Morgan fingerprint density at radius 2 is 2.29 bits per heavy atom. The third-order valence-corrected chi connectivity index (χ3v) is 2.04. The summed E-state index contributed by atoms with van der Waals surface area (Å²) in [6.07, 6.45) is 2.62. The Morgan fingerprint density at radius 1 is 1.50 bits per heavy atom. The van der Waals surface area contributed by atoms with Gasteiger partial charge in [0.25, 0.3) is 0 Å². The van der Waals surface area contributed by atoms with Crippen molar-refractivity contribution in [1.82, 2.24) is 5.32 Å². The van der Waals surface area contributed by atoms with Gasteiger partial charge in [0, 0.05) is 12.1 Å². The highest BCUT2D eigenvalue weighted by Gasteiger charge is 1.99.